The van der Waals surface area contributed by atoms with Gasteiger partial charge in [0.05, 0.1) is 0 Å². The molecular weight excluding hydrogens is 162 g/mol. The van der Waals surface area contributed by atoms with Gasteiger partial charge in [0.2, 0.25) is 0 Å². The summed E-state index contributed by atoms with van der Waals surface area (Å²) in [6.07, 6.45) is 0. The van der Waals surface area contributed by atoms with Crippen LogP contribution >= 0.6 is 0 Å². The van der Waals surface area contributed by atoms with Crippen molar-refractivity contribution in [3.05, 3.63) is 20.2 Å². The van der Waals surface area contributed by atoms with Crippen molar-refractivity contribution in [3.63, 3.8) is 0 Å². The SMILES string of the molecule is NCCO[N+](=O)[O-].O=[N+]([O-])O. The molecule has 11 heavy (non-hydrogen) atoms. The molecule has 0 radical (unpaired) electrons. The highest BCUT2D eigenvalue weighted by molar-refractivity contribution is 4.20. The average molecular weight is 169 g/mol. The van der Waals surface area contributed by atoms with E-state index in [-0.39, 0.29) is 13.2 Å². The predicted molar refractivity (Wildman–Crippen MR) is 30.8 cm³/mol. The van der Waals surface area contributed by atoms with Crippen LogP contribution in [0.15, 0.2) is 0 Å². The van der Waals surface area contributed by atoms with Crippen molar-refractivity contribution in [1.29, 1.82) is 0 Å². The minimum Gasteiger partial charge on any atom is -0.329 e. The van der Waals surface area contributed by atoms with Crippen LogP contribution in [0.4, 0.5) is 0 Å². The molecule has 0 spiro atoms. The lowest BCUT2D eigenvalue weighted by molar-refractivity contribution is -0.757. The third-order valence-electron chi connectivity index (χ3n) is 0.315. The lowest BCUT2D eigenvalue weighted by Crippen LogP contribution is -2.11. The molecule has 0 bridgehead atoms. The van der Waals surface area contributed by atoms with Gasteiger partial charge >= 0.3 is 0 Å². The first-order chi connectivity index (χ1) is 5.00. The average Bonchev–Trinajstić information content (AvgIpc) is 1.82. The van der Waals surface area contributed by atoms with Crippen LogP contribution in [0.2, 0.25) is 0 Å². The molecule has 0 rings (SSSR count). The normalized spacial score (nSPS) is 7.36. The van der Waals surface area contributed by atoms with Crippen molar-refractivity contribution >= 4 is 0 Å². The second-order valence-corrected chi connectivity index (χ2v) is 1.08. The highest BCUT2D eigenvalue weighted by atomic mass is 16.9. The number of nitrogens with zero attached hydrogens (tertiary/aromatic N) is 2. The maximum Gasteiger partial charge on any atom is 0.294 e. The van der Waals surface area contributed by atoms with E-state index in [9.17, 15) is 10.1 Å². The Labute approximate surface area is 60.6 Å². The molecule has 0 aromatic rings. The fraction of sp³-hybridized carbons (Fsp3) is 1.00. The summed E-state index contributed by atoms with van der Waals surface area (Å²) < 4.78 is 0. The van der Waals surface area contributed by atoms with E-state index < -0.39 is 10.2 Å². The van der Waals surface area contributed by atoms with Gasteiger partial charge in [-0.1, -0.05) is 0 Å². The number of hydrogen-bond donors (Lipinski definition) is 2. The van der Waals surface area contributed by atoms with Crippen LogP contribution in [-0.4, -0.2) is 28.5 Å². The Bertz CT molecular complexity index is 121. The Hall–Kier alpha value is -1.64. The Kier molecular flexibility index (Phi) is 9.18. The molecule has 0 atom stereocenters. The smallest absolute Gasteiger partial charge is 0.294 e. The predicted octanol–water partition coefficient (Wildman–Crippen LogP) is -1.19. The van der Waals surface area contributed by atoms with Crippen molar-refractivity contribution in [3.8, 4) is 0 Å². The maximum atomic E-state index is 9.29. The molecule has 0 aromatic carbocycles. The van der Waals surface area contributed by atoms with Crippen LogP contribution in [0.25, 0.3) is 0 Å². The van der Waals surface area contributed by atoms with Crippen LogP contribution in [0.5, 0.6) is 0 Å². The first-order valence-electron chi connectivity index (χ1n) is 2.31. The van der Waals surface area contributed by atoms with Gasteiger partial charge in [-0.05, 0) is 0 Å². The van der Waals surface area contributed by atoms with Crippen molar-refractivity contribution in [1.82, 2.24) is 0 Å². The summed E-state index contributed by atoms with van der Waals surface area (Å²) in [7, 11) is 0. The standard InChI is InChI=1S/C2H6N2O3.HNO3/c3-1-2-7-4(5)6;2-1(3)4/h1-3H2;(H,2,3,4). The monoisotopic (exact) mass is 169 g/mol. The first kappa shape index (κ1) is 12.1. The molecular formula is C2H7N3O6. The maximum absolute atomic E-state index is 9.29. The van der Waals surface area contributed by atoms with E-state index in [1.807, 2.05) is 0 Å². The molecule has 0 aromatic heterocycles. The molecule has 0 aliphatic rings. The van der Waals surface area contributed by atoms with Gasteiger partial charge < -0.3 is 15.8 Å². The molecule has 0 aliphatic carbocycles. The Morgan fingerprint density at radius 2 is 1.82 bits per heavy atom. The molecule has 0 fully saturated rings. The zero-order valence-electron chi connectivity index (χ0n) is 5.37. The summed E-state index contributed by atoms with van der Waals surface area (Å²) in [5.74, 6) is 0. The fourth-order valence-electron chi connectivity index (χ4n) is 0.127. The van der Waals surface area contributed by atoms with E-state index >= 15 is 0 Å². The fourth-order valence-corrected chi connectivity index (χ4v) is 0.127. The minimum absolute atomic E-state index is 0.0208. The van der Waals surface area contributed by atoms with Gasteiger partial charge in [-0.3, -0.25) is 0 Å². The molecule has 0 saturated carbocycles. The van der Waals surface area contributed by atoms with Crippen LogP contribution in [0.3, 0.4) is 0 Å². The number of hydrogen-bond acceptors (Lipinski definition) is 6. The van der Waals surface area contributed by atoms with Crippen molar-refractivity contribution in [2.24, 2.45) is 5.73 Å². The van der Waals surface area contributed by atoms with E-state index in [0.29, 0.717) is 0 Å². The molecule has 0 amide bonds. The summed E-state index contributed by atoms with van der Waals surface area (Å²) in [5, 5.41) is 22.1. The third-order valence-corrected chi connectivity index (χ3v) is 0.315. The minimum atomic E-state index is -1.50. The molecule has 9 nitrogen and oxygen atoms in total. The van der Waals surface area contributed by atoms with Crippen molar-refractivity contribution < 1.29 is 20.2 Å². The molecule has 0 aliphatic heterocycles. The molecule has 3 N–H and O–H groups in total. The van der Waals surface area contributed by atoms with Crippen LogP contribution in [-0.2, 0) is 4.84 Å². The van der Waals surface area contributed by atoms with Gasteiger partial charge in [0.25, 0.3) is 10.2 Å². The Morgan fingerprint density at radius 1 is 1.45 bits per heavy atom. The highest BCUT2D eigenvalue weighted by Gasteiger charge is 1.87. The van der Waals surface area contributed by atoms with Gasteiger partial charge in [-0.15, -0.1) is 20.2 Å². The van der Waals surface area contributed by atoms with Gasteiger partial charge in [0.1, 0.15) is 6.61 Å². The Balaban J connectivity index is 0. The second-order valence-electron chi connectivity index (χ2n) is 1.08. The molecule has 0 heterocycles. The topological polar surface area (TPSA) is 142 Å². The summed E-state index contributed by atoms with van der Waals surface area (Å²) >= 11 is 0. The van der Waals surface area contributed by atoms with E-state index in [2.05, 4.69) is 4.84 Å². The summed E-state index contributed by atoms with van der Waals surface area (Å²) in [6.45, 7) is 0.161. The summed E-state index contributed by atoms with van der Waals surface area (Å²) in [6, 6.07) is 0. The van der Waals surface area contributed by atoms with Crippen LogP contribution < -0.4 is 5.73 Å². The van der Waals surface area contributed by atoms with Crippen LogP contribution in [0.1, 0.15) is 0 Å². The quantitative estimate of drug-likeness (QED) is 0.399. The molecule has 9 heteroatoms. The second kappa shape index (κ2) is 8.36. The molecule has 0 saturated heterocycles. The summed E-state index contributed by atoms with van der Waals surface area (Å²) in [5.41, 5.74) is 4.85. The van der Waals surface area contributed by atoms with Crippen LogP contribution in [0, 0.1) is 20.2 Å². The highest BCUT2D eigenvalue weighted by Crippen LogP contribution is 1.67. The zero-order chi connectivity index (χ0) is 9.28. The van der Waals surface area contributed by atoms with Crippen molar-refractivity contribution in [2.75, 3.05) is 13.2 Å². The lowest BCUT2D eigenvalue weighted by Gasteiger charge is -1.89. The van der Waals surface area contributed by atoms with E-state index in [0.717, 1.165) is 0 Å². The molecule has 0 unspecified atom stereocenters. The van der Waals surface area contributed by atoms with Gasteiger partial charge in [0, 0.05) is 6.54 Å². The van der Waals surface area contributed by atoms with E-state index in [4.69, 9.17) is 21.1 Å². The van der Waals surface area contributed by atoms with Gasteiger partial charge in [-0.25, -0.2) is 0 Å². The number of rotatable bonds is 3. The first-order valence-corrected chi connectivity index (χ1v) is 2.31. The zero-order valence-corrected chi connectivity index (χ0v) is 5.37. The van der Waals surface area contributed by atoms with E-state index in [1.165, 1.54) is 0 Å². The summed E-state index contributed by atoms with van der Waals surface area (Å²) in [4.78, 5) is 21.4. The molecule has 66 valence electrons. The van der Waals surface area contributed by atoms with Gasteiger partial charge in [0.15, 0.2) is 0 Å². The third kappa shape index (κ3) is 60.7. The van der Waals surface area contributed by atoms with E-state index in [1.54, 1.807) is 0 Å². The number of nitrogens with two attached hydrogens (primary N) is 1. The lowest BCUT2D eigenvalue weighted by atomic mass is 10.8. The Morgan fingerprint density at radius 3 is 1.91 bits per heavy atom. The van der Waals surface area contributed by atoms with Gasteiger partial charge in [-0.2, -0.15) is 0 Å². The van der Waals surface area contributed by atoms with Crippen molar-refractivity contribution in [2.45, 2.75) is 0 Å². The largest absolute Gasteiger partial charge is 0.329 e.